The number of carbonyl (C=O) groups excluding carboxylic acids is 1. The number of ether oxygens (including phenoxy) is 1. The zero-order valence-corrected chi connectivity index (χ0v) is 10.5. The Balaban J connectivity index is 2.28. The van der Waals surface area contributed by atoms with E-state index < -0.39 is 15.8 Å². The van der Waals surface area contributed by atoms with Crippen LogP contribution in [-0.4, -0.2) is 28.8 Å². The smallest absolute Gasteiger partial charge is 0.279 e. The quantitative estimate of drug-likeness (QED) is 0.612. The molecule has 0 saturated carbocycles. The maximum absolute atomic E-state index is 11.7. The highest BCUT2D eigenvalue weighted by molar-refractivity contribution is 5.82. The molecule has 0 aliphatic carbocycles. The van der Waals surface area contributed by atoms with E-state index >= 15 is 0 Å². The van der Waals surface area contributed by atoms with Crippen molar-refractivity contribution < 1.29 is 19.4 Å². The number of benzene rings is 1. The van der Waals surface area contributed by atoms with Crippen LogP contribution >= 0.6 is 0 Å². The van der Waals surface area contributed by atoms with Gasteiger partial charge in [0.05, 0.1) is 29.1 Å². The zero-order chi connectivity index (χ0) is 14.7. The van der Waals surface area contributed by atoms with E-state index in [1.165, 1.54) is 12.1 Å². The molecule has 0 aromatic heterocycles. The van der Waals surface area contributed by atoms with E-state index in [0.717, 1.165) is 6.07 Å². The zero-order valence-electron chi connectivity index (χ0n) is 10.5. The topological polar surface area (TPSA) is 113 Å². The summed E-state index contributed by atoms with van der Waals surface area (Å²) in [5.74, 6) is -0.423. The molecule has 0 N–H and O–H groups in total. The van der Waals surface area contributed by atoms with E-state index in [0.29, 0.717) is 18.6 Å². The fraction of sp³-hybridized carbons (Fsp3) is 0.417. The Morgan fingerprint density at radius 2 is 2.00 bits per heavy atom. The molecule has 1 aliphatic rings. The van der Waals surface area contributed by atoms with Crippen LogP contribution in [0.3, 0.4) is 0 Å². The summed E-state index contributed by atoms with van der Waals surface area (Å²) in [4.78, 5) is 32.0. The molecule has 1 aliphatic heterocycles. The minimum atomic E-state index is -0.689. The van der Waals surface area contributed by atoms with Crippen molar-refractivity contribution in [3.8, 4) is 0 Å². The van der Waals surface area contributed by atoms with E-state index in [9.17, 15) is 25.0 Å². The van der Waals surface area contributed by atoms with Crippen molar-refractivity contribution in [2.45, 2.75) is 12.8 Å². The van der Waals surface area contributed by atoms with Crippen molar-refractivity contribution in [1.82, 2.24) is 0 Å². The molecule has 0 bridgehead atoms. The van der Waals surface area contributed by atoms with Crippen LogP contribution in [0.2, 0.25) is 0 Å². The van der Waals surface area contributed by atoms with Crippen LogP contribution in [0.5, 0.6) is 0 Å². The number of nitro groups is 2. The van der Waals surface area contributed by atoms with Crippen molar-refractivity contribution in [1.29, 1.82) is 0 Å². The van der Waals surface area contributed by atoms with E-state index in [1.807, 2.05) is 0 Å². The Hall–Kier alpha value is -2.35. The third-order valence-electron chi connectivity index (χ3n) is 3.21. The predicted octanol–water partition coefficient (Wildman–Crippen LogP) is 1.65. The summed E-state index contributed by atoms with van der Waals surface area (Å²) in [5, 5.41) is 21.6. The van der Waals surface area contributed by atoms with Crippen LogP contribution in [0.15, 0.2) is 18.2 Å². The second-order valence-corrected chi connectivity index (χ2v) is 4.52. The molecule has 8 nitrogen and oxygen atoms in total. The fourth-order valence-corrected chi connectivity index (χ4v) is 2.14. The lowest BCUT2D eigenvalue weighted by Gasteiger charge is -2.20. The lowest BCUT2D eigenvalue weighted by atomic mass is 9.92. The summed E-state index contributed by atoms with van der Waals surface area (Å²) in [6, 6.07) is 3.46. The second-order valence-electron chi connectivity index (χ2n) is 4.52. The molecular formula is C12H12N2O6. The van der Waals surface area contributed by atoms with Gasteiger partial charge in [0.2, 0.25) is 0 Å². The van der Waals surface area contributed by atoms with E-state index in [-0.39, 0.29) is 30.2 Å². The summed E-state index contributed by atoms with van der Waals surface area (Å²) in [6.07, 6.45) is 0.457. The first-order valence-corrected chi connectivity index (χ1v) is 6.01. The number of ketones is 1. The average molecular weight is 280 g/mol. The Bertz CT molecular complexity index is 571. The summed E-state index contributed by atoms with van der Waals surface area (Å²) in [7, 11) is 0. The molecule has 1 aromatic carbocycles. The average Bonchev–Trinajstić information content (AvgIpc) is 2.41. The van der Waals surface area contributed by atoms with Gasteiger partial charge in [0, 0.05) is 24.0 Å². The Labute approximate surface area is 113 Å². The maximum atomic E-state index is 11.7. The molecule has 1 aromatic rings. The van der Waals surface area contributed by atoms with Gasteiger partial charge in [-0.2, -0.15) is 0 Å². The fourth-order valence-electron chi connectivity index (χ4n) is 2.14. The lowest BCUT2D eigenvalue weighted by Crippen LogP contribution is -2.29. The molecular weight excluding hydrogens is 268 g/mol. The highest BCUT2D eigenvalue weighted by Gasteiger charge is 2.27. The van der Waals surface area contributed by atoms with E-state index in [2.05, 4.69) is 0 Å². The van der Waals surface area contributed by atoms with Gasteiger partial charge < -0.3 is 4.74 Å². The lowest BCUT2D eigenvalue weighted by molar-refractivity contribution is -0.394. The molecule has 1 heterocycles. The second kappa shape index (κ2) is 5.74. The van der Waals surface area contributed by atoms with Gasteiger partial charge in [0.15, 0.2) is 0 Å². The normalized spacial score (nSPS) is 18.8. The molecule has 0 amide bonds. The number of nitrogens with zero attached hydrogens (tertiary/aromatic N) is 2. The number of Topliss-reactive ketones (excluding diaryl/α,β-unsaturated/α-hetero) is 1. The molecule has 8 heteroatoms. The highest BCUT2D eigenvalue weighted by Crippen LogP contribution is 2.28. The van der Waals surface area contributed by atoms with Crippen LogP contribution in [0.4, 0.5) is 11.4 Å². The van der Waals surface area contributed by atoms with Gasteiger partial charge >= 0.3 is 0 Å². The number of hydrogen-bond donors (Lipinski definition) is 0. The van der Waals surface area contributed by atoms with Gasteiger partial charge in [-0.15, -0.1) is 0 Å². The van der Waals surface area contributed by atoms with Crippen LogP contribution in [0.1, 0.15) is 12.0 Å². The molecule has 1 fully saturated rings. The molecule has 0 spiro atoms. The van der Waals surface area contributed by atoms with Gasteiger partial charge in [0.1, 0.15) is 5.78 Å². The van der Waals surface area contributed by atoms with Crippen molar-refractivity contribution in [3.05, 3.63) is 44.0 Å². The van der Waals surface area contributed by atoms with E-state index in [4.69, 9.17) is 4.74 Å². The molecule has 1 atom stereocenters. The van der Waals surface area contributed by atoms with E-state index in [1.54, 1.807) is 0 Å². The van der Waals surface area contributed by atoms with Crippen molar-refractivity contribution in [2.24, 2.45) is 5.92 Å². The van der Waals surface area contributed by atoms with Gasteiger partial charge in [-0.05, 0) is 12.5 Å². The number of hydrogen-bond acceptors (Lipinski definition) is 6. The van der Waals surface area contributed by atoms with Gasteiger partial charge in [0.25, 0.3) is 11.4 Å². The Kier molecular flexibility index (Phi) is 4.04. The number of carbonyl (C=O) groups is 1. The standard InChI is InChI=1S/C12H12N2O6/c15-12-3-4-20-7-9(12)5-8-1-2-10(13(16)17)6-11(8)14(18)19/h1-2,6,9H,3-5,7H2. The highest BCUT2D eigenvalue weighted by atomic mass is 16.6. The molecule has 20 heavy (non-hydrogen) atoms. The summed E-state index contributed by atoms with van der Waals surface area (Å²) < 4.78 is 5.19. The van der Waals surface area contributed by atoms with Crippen LogP contribution in [0.25, 0.3) is 0 Å². The summed E-state index contributed by atoms with van der Waals surface area (Å²) in [5.41, 5.74) is -0.367. The van der Waals surface area contributed by atoms with Crippen molar-refractivity contribution >= 4 is 17.2 Å². The van der Waals surface area contributed by atoms with Crippen LogP contribution in [-0.2, 0) is 16.0 Å². The molecule has 1 saturated heterocycles. The van der Waals surface area contributed by atoms with Crippen LogP contribution in [0, 0.1) is 26.1 Å². The number of nitro benzene ring substituents is 2. The third-order valence-corrected chi connectivity index (χ3v) is 3.21. The monoisotopic (exact) mass is 280 g/mol. The number of rotatable bonds is 4. The summed E-state index contributed by atoms with van der Waals surface area (Å²) >= 11 is 0. The van der Waals surface area contributed by atoms with Crippen molar-refractivity contribution in [3.63, 3.8) is 0 Å². The summed E-state index contributed by atoms with van der Waals surface area (Å²) in [6.45, 7) is 0.602. The predicted molar refractivity (Wildman–Crippen MR) is 67.4 cm³/mol. The SMILES string of the molecule is O=C1CCOCC1Cc1ccc([N+](=O)[O-])cc1[N+](=O)[O-]. The van der Waals surface area contributed by atoms with Crippen LogP contribution < -0.4 is 0 Å². The first kappa shape index (κ1) is 14.1. The maximum Gasteiger partial charge on any atom is 0.279 e. The molecule has 0 radical (unpaired) electrons. The Morgan fingerprint density at radius 1 is 1.25 bits per heavy atom. The van der Waals surface area contributed by atoms with Gasteiger partial charge in [-0.3, -0.25) is 25.0 Å². The number of non-ortho nitro benzene ring substituents is 1. The Morgan fingerprint density at radius 3 is 2.60 bits per heavy atom. The molecule has 106 valence electrons. The third kappa shape index (κ3) is 2.97. The van der Waals surface area contributed by atoms with Gasteiger partial charge in [-0.1, -0.05) is 0 Å². The first-order valence-electron chi connectivity index (χ1n) is 6.01. The minimum absolute atomic E-state index is 0.00361. The minimum Gasteiger partial charge on any atom is -0.380 e. The van der Waals surface area contributed by atoms with Crippen molar-refractivity contribution in [2.75, 3.05) is 13.2 Å². The first-order chi connectivity index (χ1) is 9.49. The molecule has 2 rings (SSSR count). The largest absolute Gasteiger partial charge is 0.380 e. The molecule has 1 unspecified atom stereocenters. The van der Waals surface area contributed by atoms with Gasteiger partial charge in [-0.25, -0.2) is 0 Å².